The minimum Gasteiger partial charge on any atom is -0.497 e. The fraction of sp³-hybridized carbons (Fsp3) is 0.389. The van der Waals surface area contributed by atoms with Crippen LogP contribution in [0.4, 0.5) is 0 Å². The normalized spacial score (nSPS) is 19.7. The molecule has 46 heavy (non-hydrogen) atoms. The molecule has 3 aromatic carbocycles. The zero-order valence-electron chi connectivity index (χ0n) is 26.5. The van der Waals surface area contributed by atoms with Crippen molar-refractivity contribution >= 4 is 11.8 Å². The van der Waals surface area contributed by atoms with Crippen LogP contribution in [0.3, 0.4) is 0 Å². The summed E-state index contributed by atoms with van der Waals surface area (Å²) in [5.74, 6) is 2.23. The Balaban J connectivity index is 1.52. The number of thioether (sulfide) groups is 1. The van der Waals surface area contributed by atoms with E-state index >= 15 is 0 Å². The van der Waals surface area contributed by atoms with E-state index in [-0.39, 0.29) is 6.61 Å². The molecule has 0 spiro atoms. The van der Waals surface area contributed by atoms with E-state index in [0.29, 0.717) is 11.5 Å². The molecule has 2 N–H and O–H groups in total. The van der Waals surface area contributed by atoms with Gasteiger partial charge in [0, 0.05) is 12.3 Å². The van der Waals surface area contributed by atoms with Crippen LogP contribution >= 0.6 is 11.8 Å². The second-order valence-corrected chi connectivity index (χ2v) is 12.6. The molecular formula is C36H42N2O7S. The van der Waals surface area contributed by atoms with Crippen molar-refractivity contribution in [1.29, 1.82) is 0 Å². The third kappa shape index (κ3) is 7.25. The summed E-state index contributed by atoms with van der Waals surface area (Å²) in [6.07, 6.45) is 3.26. The Morgan fingerprint density at radius 1 is 0.848 bits per heavy atom. The summed E-state index contributed by atoms with van der Waals surface area (Å²) in [6.45, 7) is 2.17. The zero-order valence-corrected chi connectivity index (χ0v) is 27.3. The van der Waals surface area contributed by atoms with E-state index < -0.39 is 40.5 Å². The summed E-state index contributed by atoms with van der Waals surface area (Å²) >= 11 is 1.58. The summed E-state index contributed by atoms with van der Waals surface area (Å²) in [7, 11) is 3.25. The number of methoxy groups -OCH3 is 2. The molecule has 0 radical (unpaired) electrons. The number of nitrogens with one attached hydrogen (secondary N) is 1. The number of H-pyrrole nitrogens is 1. The van der Waals surface area contributed by atoms with Crippen LogP contribution in [0, 0.1) is 0 Å². The van der Waals surface area contributed by atoms with Crippen molar-refractivity contribution in [3.05, 3.63) is 129 Å². The molecule has 1 saturated heterocycles. The van der Waals surface area contributed by atoms with Crippen LogP contribution in [0.15, 0.2) is 101 Å². The average Bonchev–Trinajstić information content (AvgIpc) is 3.40. The van der Waals surface area contributed by atoms with Gasteiger partial charge in [0.25, 0.3) is 5.56 Å². The first kappa shape index (κ1) is 33.5. The summed E-state index contributed by atoms with van der Waals surface area (Å²) in [5.41, 5.74) is 0.416. The maximum Gasteiger partial charge on any atom is 0.330 e. The molecule has 4 aromatic rings. The van der Waals surface area contributed by atoms with Gasteiger partial charge in [0.15, 0.2) is 6.23 Å². The number of aliphatic hydroxyl groups excluding tert-OH is 1. The largest absolute Gasteiger partial charge is 0.497 e. The van der Waals surface area contributed by atoms with Crippen molar-refractivity contribution in [3.63, 3.8) is 0 Å². The third-order valence-corrected chi connectivity index (χ3v) is 9.80. The number of hydrogen-bond donors (Lipinski definition) is 2. The molecule has 1 aliphatic heterocycles. The van der Waals surface area contributed by atoms with Gasteiger partial charge in [0.2, 0.25) is 0 Å². The molecule has 0 amide bonds. The number of benzene rings is 3. The number of rotatable bonds is 15. The van der Waals surface area contributed by atoms with Gasteiger partial charge >= 0.3 is 5.69 Å². The van der Waals surface area contributed by atoms with Crippen LogP contribution in [-0.4, -0.2) is 58.7 Å². The minimum atomic E-state index is -1.10. The van der Waals surface area contributed by atoms with Gasteiger partial charge in [0.05, 0.1) is 32.2 Å². The van der Waals surface area contributed by atoms with E-state index in [1.807, 2.05) is 78.9 Å². The second-order valence-electron chi connectivity index (χ2n) is 11.3. The summed E-state index contributed by atoms with van der Waals surface area (Å²) < 4.78 is 25.7. The Morgan fingerprint density at radius 3 is 2.02 bits per heavy atom. The molecule has 5 rings (SSSR count). The van der Waals surface area contributed by atoms with Crippen molar-refractivity contribution in [1.82, 2.24) is 9.55 Å². The molecule has 0 saturated carbocycles. The monoisotopic (exact) mass is 646 g/mol. The van der Waals surface area contributed by atoms with E-state index in [2.05, 4.69) is 11.9 Å². The molecule has 0 unspecified atom stereocenters. The van der Waals surface area contributed by atoms with Crippen molar-refractivity contribution in [2.24, 2.45) is 0 Å². The van der Waals surface area contributed by atoms with Crippen molar-refractivity contribution in [3.8, 4) is 11.5 Å². The summed E-state index contributed by atoms with van der Waals surface area (Å²) in [5, 5.41) is 11.3. The lowest BCUT2D eigenvalue weighted by Gasteiger charge is -2.37. The molecule has 0 bridgehead atoms. The van der Waals surface area contributed by atoms with Crippen LogP contribution in [-0.2, 0) is 15.1 Å². The highest BCUT2D eigenvalue weighted by atomic mass is 32.2. The lowest BCUT2D eigenvalue weighted by molar-refractivity contribution is -0.0943. The number of nitrogens with zero attached hydrogens (tertiary/aromatic N) is 1. The zero-order chi connectivity index (χ0) is 32.5. The van der Waals surface area contributed by atoms with Crippen molar-refractivity contribution in [2.45, 2.75) is 61.9 Å². The maximum atomic E-state index is 12.9. The van der Waals surface area contributed by atoms with Gasteiger partial charge in [0.1, 0.15) is 23.2 Å². The van der Waals surface area contributed by atoms with Gasteiger partial charge in [-0.2, -0.15) is 11.8 Å². The van der Waals surface area contributed by atoms with Crippen molar-refractivity contribution < 1.29 is 24.1 Å². The van der Waals surface area contributed by atoms with Crippen LogP contribution in [0.25, 0.3) is 0 Å². The standard InChI is InChI=1S/C36H42N2O7S/c1-4-5-6-10-23-46-33-32(40)30(45-34(33)38-22-21-31(39)37-35(38)41)24-44-36(25-11-8-7-9-12-25,26-13-17-28(42-2)18-14-26)27-15-19-29(43-3)20-16-27/h7-9,11-22,30,32-34,40H,4-6,10,23-24H2,1-3H3,(H,37,39,41)/t30-,32-,33-,34-/m1/s1. The molecule has 10 heteroatoms. The first-order valence-electron chi connectivity index (χ1n) is 15.7. The van der Waals surface area contributed by atoms with Gasteiger partial charge in [-0.3, -0.25) is 14.3 Å². The second kappa shape index (κ2) is 15.6. The third-order valence-electron chi connectivity index (χ3n) is 8.38. The van der Waals surface area contributed by atoms with Gasteiger partial charge in [-0.25, -0.2) is 4.79 Å². The molecule has 0 aliphatic carbocycles. The predicted octanol–water partition coefficient (Wildman–Crippen LogP) is 5.50. The van der Waals surface area contributed by atoms with Crippen LogP contribution in [0.2, 0.25) is 0 Å². The summed E-state index contributed by atoms with van der Waals surface area (Å²) in [6, 6.07) is 26.7. The van der Waals surface area contributed by atoms with Gasteiger partial charge in [-0.05, 0) is 53.1 Å². The van der Waals surface area contributed by atoms with Crippen LogP contribution < -0.4 is 20.7 Å². The predicted molar refractivity (Wildman–Crippen MR) is 180 cm³/mol. The molecule has 244 valence electrons. The highest BCUT2D eigenvalue weighted by molar-refractivity contribution is 8.00. The fourth-order valence-corrected chi connectivity index (χ4v) is 7.29. The fourth-order valence-electron chi connectivity index (χ4n) is 5.92. The first-order valence-corrected chi connectivity index (χ1v) is 16.7. The number of hydrogen-bond acceptors (Lipinski definition) is 8. The van der Waals surface area contributed by atoms with Gasteiger partial charge in [-0.1, -0.05) is 80.8 Å². The Morgan fingerprint density at radius 2 is 1.46 bits per heavy atom. The average molecular weight is 647 g/mol. The lowest BCUT2D eigenvalue weighted by Crippen LogP contribution is -2.39. The van der Waals surface area contributed by atoms with E-state index in [9.17, 15) is 14.7 Å². The van der Waals surface area contributed by atoms with E-state index in [0.717, 1.165) is 48.1 Å². The van der Waals surface area contributed by atoms with Gasteiger partial charge in [-0.15, -0.1) is 0 Å². The molecule has 1 aromatic heterocycles. The van der Waals surface area contributed by atoms with Gasteiger partial charge < -0.3 is 24.1 Å². The number of aliphatic hydroxyl groups is 1. The van der Waals surface area contributed by atoms with E-state index in [4.69, 9.17) is 18.9 Å². The quantitative estimate of drug-likeness (QED) is 0.129. The molecule has 4 atom stereocenters. The number of ether oxygens (including phenoxy) is 4. The molecular weight excluding hydrogens is 604 g/mol. The van der Waals surface area contributed by atoms with Crippen LogP contribution in [0.1, 0.15) is 55.5 Å². The SMILES string of the molecule is CCCCCCS[C@@H]1[C@H](O)[C@@H](COC(c2ccccc2)(c2ccc(OC)cc2)c2ccc(OC)cc2)O[C@H]1n1ccc(=O)[nH]c1=O. The number of aromatic amines is 1. The topological polar surface area (TPSA) is 112 Å². The highest BCUT2D eigenvalue weighted by Crippen LogP contribution is 2.44. The molecule has 1 aliphatic rings. The lowest BCUT2D eigenvalue weighted by atomic mass is 9.80. The first-order chi connectivity index (χ1) is 22.4. The summed E-state index contributed by atoms with van der Waals surface area (Å²) in [4.78, 5) is 27.0. The Bertz CT molecular complexity index is 1590. The molecule has 2 heterocycles. The number of unbranched alkanes of at least 4 members (excludes halogenated alkanes) is 3. The molecule has 1 fully saturated rings. The van der Waals surface area contributed by atoms with E-state index in [1.54, 1.807) is 26.0 Å². The van der Waals surface area contributed by atoms with E-state index in [1.165, 1.54) is 16.8 Å². The smallest absolute Gasteiger partial charge is 0.330 e. The Hall–Kier alpha value is -3.83. The maximum absolute atomic E-state index is 12.9. The highest BCUT2D eigenvalue weighted by Gasteiger charge is 2.47. The Labute approximate surface area is 273 Å². The number of aromatic nitrogens is 2. The Kier molecular flexibility index (Phi) is 11.4. The van der Waals surface area contributed by atoms with Crippen LogP contribution in [0.5, 0.6) is 11.5 Å². The minimum absolute atomic E-state index is 0.00954. The van der Waals surface area contributed by atoms with Crippen molar-refractivity contribution in [2.75, 3.05) is 26.6 Å². The molecule has 9 nitrogen and oxygen atoms in total.